The van der Waals surface area contributed by atoms with Crippen LogP contribution in [0.1, 0.15) is 38.8 Å². The van der Waals surface area contributed by atoms with Crippen LogP contribution < -0.4 is 9.80 Å². The van der Waals surface area contributed by atoms with Crippen LogP contribution in [0.25, 0.3) is 0 Å². The van der Waals surface area contributed by atoms with Crippen molar-refractivity contribution in [3.8, 4) is 0 Å². The van der Waals surface area contributed by atoms with Gasteiger partial charge >= 0.3 is 0 Å². The molecule has 128 valence electrons. The van der Waals surface area contributed by atoms with E-state index < -0.39 is 0 Å². The summed E-state index contributed by atoms with van der Waals surface area (Å²) in [5, 5.41) is 8.76. The third-order valence-electron chi connectivity index (χ3n) is 4.53. The van der Waals surface area contributed by atoms with Crippen LogP contribution in [0.2, 0.25) is 0 Å². The van der Waals surface area contributed by atoms with E-state index in [2.05, 4.69) is 55.7 Å². The van der Waals surface area contributed by atoms with Crippen LogP contribution in [0.15, 0.2) is 48.5 Å². The third kappa shape index (κ3) is 3.61. The van der Waals surface area contributed by atoms with Gasteiger partial charge < -0.3 is 9.80 Å². The molecule has 0 aromatic heterocycles. The zero-order chi connectivity index (χ0) is 17.5. The van der Waals surface area contributed by atoms with Crippen molar-refractivity contribution < 1.29 is 0 Å². The molecule has 0 radical (unpaired) electrons. The summed E-state index contributed by atoms with van der Waals surface area (Å²) in [7, 11) is 0. The van der Waals surface area contributed by atoms with E-state index in [0.29, 0.717) is 5.71 Å². The minimum Gasteiger partial charge on any atom is -0.370 e. The van der Waals surface area contributed by atoms with Gasteiger partial charge in [0, 0.05) is 37.3 Å². The van der Waals surface area contributed by atoms with E-state index in [1.54, 1.807) is 0 Å². The molecular weight excluding hydrogens is 294 g/mol. The highest BCUT2D eigenvalue weighted by Gasteiger charge is 2.20. The topological polar surface area (TPSA) is 30.3 Å². The summed E-state index contributed by atoms with van der Waals surface area (Å²) >= 11 is 0. The highest BCUT2D eigenvalue weighted by atomic mass is 15.2. The Bertz CT molecular complexity index is 656. The summed E-state index contributed by atoms with van der Waals surface area (Å²) in [6, 6.07) is 16.3. The molecule has 2 rings (SSSR count). The first kappa shape index (κ1) is 18.1. The van der Waals surface area contributed by atoms with E-state index in [1.165, 1.54) is 11.4 Å². The molecule has 0 heterocycles. The molecule has 3 nitrogen and oxygen atoms in total. The van der Waals surface area contributed by atoms with Crippen molar-refractivity contribution in [3.05, 3.63) is 59.7 Å². The van der Waals surface area contributed by atoms with Gasteiger partial charge in [-0.05, 0) is 33.8 Å². The van der Waals surface area contributed by atoms with Gasteiger partial charge in [-0.1, -0.05) is 42.5 Å². The second-order valence-electron chi connectivity index (χ2n) is 5.76. The molecule has 3 heteroatoms. The molecule has 0 fully saturated rings. The highest BCUT2D eigenvalue weighted by Crippen LogP contribution is 2.34. The van der Waals surface area contributed by atoms with Crippen LogP contribution in [0, 0.1) is 5.41 Å². The summed E-state index contributed by atoms with van der Waals surface area (Å²) in [6.45, 7) is 12.5. The largest absolute Gasteiger partial charge is 0.370 e. The molecular formula is C21H29N3. The Labute approximate surface area is 146 Å². The van der Waals surface area contributed by atoms with Crippen LogP contribution in [-0.4, -0.2) is 31.9 Å². The Morgan fingerprint density at radius 3 is 1.88 bits per heavy atom. The molecule has 0 saturated carbocycles. The van der Waals surface area contributed by atoms with E-state index >= 15 is 0 Å². The third-order valence-corrected chi connectivity index (χ3v) is 4.53. The lowest BCUT2D eigenvalue weighted by Crippen LogP contribution is -2.30. The van der Waals surface area contributed by atoms with Crippen LogP contribution >= 0.6 is 0 Å². The van der Waals surface area contributed by atoms with Gasteiger partial charge in [-0.15, -0.1) is 0 Å². The van der Waals surface area contributed by atoms with Crippen molar-refractivity contribution in [1.29, 1.82) is 5.41 Å². The number of benzene rings is 2. The van der Waals surface area contributed by atoms with Gasteiger partial charge in [-0.2, -0.15) is 0 Å². The second kappa shape index (κ2) is 8.53. The fourth-order valence-electron chi connectivity index (χ4n) is 3.19. The predicted octanol–water partition coefficient (Wildman–Crippen LogP) is 4.80. The quantitative estimate of drug-likeness (QED) is 0.708. The number of hydrogen-bond acceptors (Lipinski definition) is 3. The van der Waals surface area contributed by atoms with Crippen molar-refractivity contribution in [2.75, 3.05) is 36.0 Å². The monoisotopic (exact) mass is 323 g/mol. The molecule has 0 atom stereocenters. The zero-order valence-electron chi connectivity index (χ0n) is 15.3. The van der Waals surface area contributed by atoms with Crippen molar-refractivity contribution in [1.82, 2.24) is 0 Å². The Balaban J connectivity index is 2.62. The van der Waals surface area contributed by atoms with Gasteiger partial charge in [0.15, 0.2) is 0 Å². The first-order valence-electron chi connectivity index (χ1n) is 8.95. The van der Waals surface area contributed by atoms with E-state index in [1.807, 2.05) is 30.3 Å². The number of anilines is 2. The molecule has 0 amide bonds. The second-order valence-corrected chi connectivity index (χ2v) is 5.76. The minimum atomic E-state index is 0.589. The van der Waals surface area contributed by atoms with Gasteiger partial charge in [0.05, 0.1) is 17.1 Å². The fraction of sp³-hybridized carbons (Fsp3) is 0.381. The molecule has 1 N–H and O–H groups in total. The van der Waals surface area contributed by atoms with Crippen molar-refractivity contribution in [2.24, 2.45) is 0 Å². The summed E-state index contributed by atoms with van der Waals surface area (Å²) < 4.78 is 0. The Hall–Kier alpha value is -2.29. The summed E-state index contributed by atoms with van der Waals surface area (Å²) in [5.74, 6) is 0. The Kier molecular flexibility index (Phi) is 6.42. The molecule has 0 spiro atoms. The van der Waals surface area contributed by atoms with Gasteiger partial charge in [0.2, 0.25) is 0 Å². The lowest BCUT2D eigenvalue weighted by atomic mass is 9.98. The normalized spacial score (nSPS) is 10.5. The number of para-hydroxylation sites is 1. The first-order valence-corrected chi connectivity index (χ1v) is 8.95. The van der Waals surface area contributed by atoms with E-state index in [4.69, 9.17) is 5.41 Å². The molecule has 0 unspecified atom stereocenters. The van der Waals surface area contributed by atoms with Crippen LogP contribution in [0.5, 0.6) is 0 Å². The van der Waals surface area contributed by atoms with Gasteiger partial charge in [-0.3, -0.25) is 5.41 Å². The number of nitrogens with zero attached hydrogens (tertiary/aromatic N) is 2. The van der Waals surface area contributed by atoms with Crippen LogP contribution in [-0.2, 0) is 0 Å². The van der Waals surface area contributed by atoms with E-state index in [-0.39, 0.29) is 0 Å². The molecule has 24 heavy (non-hydrogen) atoms. The summed E-state index contributed by atoms with van der Waals surface area (Å²) in [4.78, 5) is 4.73. The van der Waals surface area contributed by atoms with E-state index in [0.717, 1.165) is 37.3 Å². The summed E-state index contributed by atoms with van der Waals surface area (Å²) in [6.07, 6.45) is 0. The van der Waals surface area contributed by atoms with Crippen LogP contribution in [0.4, 0.5) is 11.4 Å². The molecule has 0 aliphatic carbocycles. The lowest BCUT2D eigenvalue weighted by Gasteiger charge is -2.32. The van der Waals surface area contributed by atoms with Crippen molar-refractivity contribution in [2.45, 2.75) is 27.7 Å². The van der Waals surface area contributed by atoms with Crippen molar-refractivity contribution >= 4 is 17.1 Å². The van der Waals surface area contributed by atoms with Gasteiger partial charge in [0.25, 0.3) is 0 Å². The smallest absolute Gasteiger partial charge is 0.0706 e. The molecule has 0 bridgehead atoms. The van der Waals surface area contributed by atoms with Crippen molar-refractivity contribution in [3.63, 3.8) is 0 Å². The lowest BCUT2D eigenvalue weighted by molar-refractivity contribution is 0.832. The maximum atomic E-state index is 8.76. The standard InChI is InChI=1S/C21H29N3/c1-5-23(6-2)19-16-12-15-18(21(19)24(7-3)8-4)20(22)17-13-10-9-11-14-17/h9-16,22H,5-8H2,1-4H3. The minimum absolute atomic E-state index is 0.589. The highest BCUT2D eigenvalue weighted by molar-refractivity contribution is 6.15. The SMILES string of the molecule is CCN(CC)c1cccc(C(=N)c2ccccc2)c1N(CC)CC. The summed E-state index contributed by atoms with van der Waals surface area (Å²) in [5.41, 5.74) is 4.96. The Morgan fingerprint density at radius 1 is 0.750 bits per heavy atom. The van der Waals surface area contributed by atoms with E-state index in [9.17, 15) is 0 Å². The zero-order valence-corrected chi connectivity index (χ0v) is 15.3. The average Bonchev–Trinajstić information content (AvgIpc) is 2.64. The molecule has 0 saturated heterocycles. The number of nitrogens with one attached hydrogen (secondary N) is 1. The predicted molar refractivity (Wildman–Crippen MR) is 106 cm³/mol. The van der Waals surface area contributed by atoms with Gasteiger partial charge in [-0.25, -0.2) is 0 Å². The molecule has 2 aromatic rings. The maximum absolute atomic E-state index is 8.76. The maximum Gasteiger partial charge on any atom is 0.0706 e. The number of hydrogen-bond donors (Lipinski definition) is 1. The molecule has 2 aromatic carbocycles. The van der Waals surface area contributed by atoms with Gasteiger partial charge in [0.1, 0.15) is 0 Å². The first-order chi connectivity index (χ1) is 11.7. The molecule has 0 aliphatic heterocycles. The van der Waals surface area contributed by atoms with Crippen LogP contribution in [0.3, 0.4) is 0 Å². The molecule has 0 aliphatic rings. The average molecular weight is 323 g/mol. The fourth-order valence-corrected chi connectivity index (χ4v) is 3.19. The Morgan fingerprint density at radius 2 is 1.33 bits per heavy atom. The number of rotatable bonds is 8.